The largest absolute Gasteiger partial charge is 0.379 e. The van der Waals surface area contributed by atoms with Crippen LogP contribution in [0.1, 0.15) is 11.1 Å². The zero-order chi connectivity index (χ0) is 18.6. The fraction of sp³-hybridized carbons (Fsp3) is 0.286. The van der Waals surface area contributed by atoms with E-state index < -0.39 is 0 Å². The van der Waals surface area contributed by atoms with Crippen LogP contribution in [0.5, 0.6) is 0 Å². The Morgan fingerprint density at radius 1 is 1.15 bits per heavy atom. The molecule has 27 heavy (non-hydrogen) atoms. The van der Waals surface area contributed by atoms with E-state index in [-0.39, 0.29) is 5.91 Å². The van der Waals surface area contributed by atoms with Crippen LogP contribution in [0, 0.1) is 0 Å². The Morgan fingerprint density at radius 3 is 2.70 bits per heavy atom. The Labute approximate surface area is 164 Å². The lowest BCUT2D eigenvalue weighted by Crippen LogP contribution is -2.37. The van der Waals surface area contributed by atoms with Gasteiger partial charge in [0.05, 0.1) is 18.8 Å². The van der Waals surface area contributed by atoms with Crippen LogP contribution in [-0.4, -0.2) is 43.7 Å². The molecule has 1 fully saturated rings. The summed E-state index contributed by atoms with van der Waals surface area (Å²) in [5.41, 5.74) is 4.44. The van der Waals surface area contributed by atoms with Crippen molar-refractivity contribution in [1.82, 2.24) is 4.90 Å². The molecule has 0 unspecified atom stereocenters. The molecule has 2 aromatic rings. The van der Waals surface area contributed by atoms with E-state index in [4.69, 9.17) is 16.3 Å². The van der Waals surface area contributed by atoms with Gasteiger partial charge in [0.15, 0.2) is 0 Å². The minimum Gasteiger partial charge on any atom is -0.379 e. The van der Waals surface area contributed by atoms with Crippen LogP contribution >= 0.6 is 11.6 Å². The summed E-state index contributed by atoms with van der Waals surface area (Å²) in [6.07, 6.45) is 2.76. The monoisotopic (exact) mass is 383 g/mol. The minimum atomic E-state index is -0.123. The maximum absolute atomic E-state index is 12.2. The van der Waals surface area contributed by atoms with Crippen molar-refractivity contribution in [3.05, 3.63) is 64.8 Å². The molecule has 0 atom stereocenters. The lowest BCUT2D eigenvalue weighted by molar-refractivity contribution is -0.110. The molecular weight excluding hydrogens is 362 g/mol. The van der Waals surface area contributed by atoms with Crippen molar-refractivity contribution in [3.63, 3.8) is 0 Å². The molecule has 2 heterocycles. The first-order valence-corrected chi connectivity index (χ1v) is 9.54. The SMILES string of the molecule is O=C1Nc2ccc(Cl)cc2/C1=C/Nc1ccc(CCN2CCOCC2)cc1. The van der Waals surface area contributed by atoms with E-state index in [0.29, 0.717) is 10.6 Å². The third-order valence-corrected chi connectivity index (χ3v) is 5.16. The normalized spacial score (nSPS) is 18.4. The Bertz CT molecular complexity index is 858. The van der Waals surface area contributed by atoms with Crippen LogP contribution in [0.2, 0.25) is 5.02 Å². The number of fused-ring (bicyclic) bond motifs is 1. The summed E-state index contributed by atoms with van der Waals surface area (Å²) >= 11 is 6.06. The van der Waals surface area contributed by atoms with Crippen LogP contribution < -0.4 is 10.6 Å². The summed E-state index contributed by atoms with van der Waals surface area (Å²) in [4.78, 5) is 14.6. The van der Waals surface area contributed by atoms with Crippen LogP contribution in [0.4, 0.5) is 11.4 Å². The first-order chi connectivity index (χ1) is 13.2. The Kier molecular flexibility index (Phi) is 5.43. The number of hydrogen-bond donors (Lipinski definition) is 2. The molecule has 2 aliphatic heterocycles. The third kappa shape index (κ3) is 4.33. The number of amides is 1. The van der Waals surface area contributed by atoms with E-state index in [1.807, 2.05) is 18.2 Å². The molecule has 0 saturated carbocycles. The highest BCUT2D eigenvalue weighted by Gasteiger charge is 2.24. The molecule has 0 aliphatic carbocycles. The number of rotatable bonds is 5. The van der Waals surface area contributed by atoms with Gasteiger partial charge in [-0.05, 0) is 42.3 Å². The maximum Gasteiger partial charge on any atom is 0.257 e. The maximum atomic E-state index is 12.2. The fourth-order valence-electron chi connectivity index (χ4n) is 3.34. The predicted molar refractivity (Wildman–Crippen MR) is 109 cm³/mol. The first kappa shape index (κ1) is 18.0. The van der Waals surface area contributed by atoms with Gasteiger partial charge in [-0.1, -0.05) is 23.7 Å². The van der Waals surface area contributed by atoms with Crippen LogP contribution in [0.25, 0.3) is 5.57 Å². The number of carbonyl (C=O) groups excluding carboxylic acids is 1. The molecule has 0 bridgehead atoms. The Balaban J connectivity index is 1.38. The van der Waals surface area contributed by atoms with Gasteiger partial charge in [-0.3, -0.25) is 9.69 Å². The molecule has 6 heteroatoms. The Hall–Kier alpha value is -2.34. The second-order valence-electron chi connectivity index (χ2n) is 6.75. The number of carbonyl (C=O) groups is 1. The van der Waals surface area contributed by atoms with Gasteiger partial charge in [0.2, 0.25) is 0 Å². The van der Waals surface area contributed by atoms with Crippen molar-refractivity contribution < 1.29 is 9.53 Å². The summed E-state index contributed by atoms with van der Waals surface area (Å²) in [6, 6.07) is 13.7. The van der Waals surface area contributed by atoms with Gasteiger partial charge < -0.3 is 15.4 Å². The van der Waals surface area contributed by atoms with E-state index in [2.05, 4.69) is 27.7 Å². The summed E-state index contributed by atoms with van der Waals surface area (Å²) in [7, 11) is 0. The fourth-order valence-corrected chi connectivity index (χ4v) is 3.51. The lowest BCUT2D eigenvalue weighted by Gasteiger charge is -2.26. The number of nitrogens with one attached hydrogen (secondary N) is 2. The van der Waals surface area contributed by atoms with Crippen molar-refractivity contribution in [2.45, 2.75) is 6.42 Å². The average molecular weight is 384 g/mol. The molecule has 5 nitrogen and oxygen atoms in total. The molecule has 2 N–H and O–H groups in total. The molecule has 2 aliphatic rings. The summed E-state index contributed by atoms with van der Waals surface area (Å²) in [5, 5.41) is 6.68. The minimum absolute atomic E-state index is 0.123. The molecule has 0 radical (unpaired) electrons. The number of anilines is 2. The molecule has 1 saturated heterocycles. The summed E-state index contributed by atoms with van der Waals surface area (Å²) < 4.78 is 5.38. The van der Waals surface area contributed by atoms with Gasteiger partial charge in [-0.25, -0.2) is 0 Å². The number of hydrogen-bond acceptors (Lipinski definition) is 4. The number of ether oxygens (including phenoxy) is 1. The average Bonchev–Trinajstić information content (AvgIpc) is 3.01. The molecule has 4 rings (SSSR count). The van der Waals surface area contributed by atoms with Gasteiger partial charge in [-0.15, -0.1) is 0 Å². The zero-order valence-electron chi connectivity index (χ0n) is 15.0. The smallest absolute Gasteiger partial charge is 0.257 e. The van der Waals surface area contributed by atoms with E-state index >= 15 is 0 Å². The number of nitrogens with zero attached hydrogens (tertiary/aromatic N) is 1. The van der Waals surface area contributed by atoms with Crippen molar-refractivity contribution in [3.8, 4) is 0 Å². The number of benzene rings is 2. The van der Waals surface area contributed by atoms with E-state index in [9.17, 15) is 4.79 Å². The second-order valence-corrected chi connectivity index (χ2v) is 7.18. The molecule has 0 aromatic heterocycles. The van der Waals surface area contributed by atoms with Gasteiger partial charge in [0.1, 0.15) is 0 Å². The third-order valence-electron chi connectivity index (χ3n) is 4.92. The molecule has 2 aromatic carbocycles. The first-order valence-electron chi connectivity index (χ1n) is 9.16. The van der Waals surface area contributed by atoms with Gasteiger partial charge in [0, 0.05) is 47.8 Å². The van der Waals surface area contributed by atoms with Crippen molar-refractivity contribution in [2.75, 3.05) is 43.5 Å². The van der Waals surface area contributed by atoms with Crippen LogP contribution in [0.15, 0.2) is 48.7 Å². The standard InChI is InChI=1S/C21H22ClN3O2/c22-16-3-6-20-18(13-16)19(21(26)24-20)14-23-17-4-1-15(2-5-17)7-8-25-9-11-27-12-10-25/h1-6,13-14,23H,7-12H2,(H,24,26)/b19-14-. The van der Waals surface area contributed by atoms with Crippen molar-refractivity contribution in [2.24, 2.45) is 0 Å². The highest BCUT2D eigenvalue weighted by atomic mass is 35.5. The van der Waals surface area contributed by atoms with Gasteiger partial charge in [-0.2, -0.15) is 0 Å². The quantitative estimate of drug-likeness (QED) is 0.774. The predicted octanol–water partition coefficient (Wildman–Crippen LogP) is 3.62. The summed E-state index contributed by atoms with van der Waals surface area (Å²) in [6.45, 7) is 4.75. The molecule has 1 amide bonds. The van der Waals surface area contributed by atoms with E-state index in [1.54, 1.807) is 18.3 Å². The number of morpholine rings is 1. The summed E-state index contributed by atoms with van der Waals surface area (Å²) in [5.74, 6) is -0.123. The highest BCUT2D eigenvalue weighted by molar-refractivity contribution is 6.34. The Morgan fingerprint density at radius 2 is 1.93 bits per heavy atom. The number of halogens is 1. The van der Waals surface area contributed by atoms with E-state index in [0.717, 1.165) is 56.2 Å². The molecule has 140 valence electrons. The van der Waals surface area contributed by atoms with Crippen LogP contribution in [-0.2, 0) is 16.0 Å². The molecule has 0 spiro atoms. The topological polar surface area (TPSA) is 53.6 Å². The van der Waals surface area contributed by atoms with Gasteiger partial charge in [0.25, 0.3) is 5.91 Å². The van der Waals surface area contributed by atoms with Gasteiger partial charge >= 0.3 is 0 Å². The van der Waals surface area contributed by atoms with Crippen molar-refractivity contribution in [1.29, 1.82) is 0 Å². The lowest BCUT2D eigenvalue weighted by atomic mass is 10.1. The molecular formula is C21H22ClN3O2. The van der Waals surface area contributed by atoms with Crippen molar-refractivity contribution >= 4 is 34.5 Å². The highest BCUT2D eigenvalue weighted by Crippen LogP contribution is 2.33. The van der Waals surface area contributed by atoms with E-state index in [1.165, 1.54) is 5.56 Å². The zero-order valence-corrected chi connectivity index (χ0v) is 15.8. The second kappa shape index (κ2) is 8.13. The van der Waals surface area contributed by atoms with Crippen LogP contribution in [0.3, 0.4) is 0 Å².